The van der Waals surface area contributed by atoms with Gasteiger partial charge in [-0.3, -0.25) is 4.79 Å². The molecule has 0 bridgehead atoms. The molecule has 2 atom stereocenters. The molecular formula is C16H14O2. The fraction of sp³-hybridized carbons (Fsp3) is 0.312. The van der Waals surface area contributed by atoms with Crippen LogP contribution in [0.25, 0.3) is 0 Å². The van der Waals surface area contributed by atoms with Gasteiger partial charge in [-0.25, -0.2) is 0 Å². The number of rotatable bonds is 2. The fourth-order valence-corrected chi connectivity index (χ4v) is 1.62. The Morgan fingerprint density at radius 2 is 2.11 bits per heavy atom. The van der Waals surface area contributed by atoms with Crippen LogP contribution in [0.4, 0.5) is 0 Å². The van der Waals surface area contributed by atoms with Crippen LogP contribution in [-0.4, -0.2) is 12.6 Å². The van der Waals surface area contributed by atoms with Crippen molar-refractivity contribution in [3.8, 4) is 23.7 Å². The second kappa shape index (κ2) is 5.94. The molecule has 1 aromatic rings. The molecule has 18 heavy (non-hydrogen) atoms. The Morgan fingerprint density at radius 1 is 1.33 bits per heavy atom. The van der Waals surface area contributed by atoms with Gasteiger partial charge in [0, 0.05) is 11.5 Å². The van der Waals surface area contributed by atoms with E-state index >= 15 is 0 Å². The van der Waals surface area contributed by atoms with Crippen molar-refractivity contribution in [2.24, 2.45) is 11.8 Å². The third-order valence-corrected chi connectivity index (χ3v) is 2.68. The number of carbonyl (C=O) groups excluding carboxylic acids is 1. The summed E-state index contributed by atoms with van der Waals surface area (Å²) in [4.78, 5) is 11.3. The summed E-state index contributed by atoms with van der Waals surface area (Å²) in [5, 5.41) is 0. The number of esters is 1. The first kappa shape index (κ1) is 12.3. The van der Waals surface area contributed by atoms with Crippen LogP contribution in [0.1, 0.15) is 18.9 Å². The van der Waals surface area contributed by atoms with Gasteiger partial charge < -0.3 is 4.74 Å². The van der Waals surface area contributed by atoms with Crippen molar-refractivity contribution in [3.63, 3.8) is 0 Å². The Morgan fingerprint density at radius 3 is 2.83 bits per heavy atom. The van der Waals surface area contributed by atoms with Gasteiger partial charge in [-0.05, 0) is 37.3 Å². The average molecular weight is 238 g/mol. The highest BCUT2D eigenvalue weighted by Crippen LogP contribution is 2.38. The molecule has 0 spiro atoms. The van der Waals surface area contributed by atoms with E-state index in [1.54, 1.807) is 0 Å². The first-order valence-electron chi connectivity index (χ1n) is 6.04. The van der Waals surface area contributed by atoms with Gasteiger partial charge in [-0.15, -0.1) is 0 Å². The van der Waals surface area contributed by atoms with Crippen LogP contribution >= 0.6 is 0 Å². The van der Waals surface area contributed by atoms with Crippen molar-refractivity contribution in [2.75, 3.05) is 6.61 Å². The van der Waals surface area contributed by atoms with E-state index in [-0.39, 0.29) is 17.8 Å². The number of benzene rings is 1. The lowest BCUT2D eigenvalue weighted by atomic mass is 10.2. The molecule has 0 radical (unpaired) electrons. The lowest BCUT2D eigenvalue weighted by molar-refractivity contribution is -0.144. The quantitative estimate of drug-likeness (QED) is 0.583. The first-order valence-corrected chi connectivity index (χ1v) is 6.04. The summed E-state index contributed by atoms with van der Waals surface area (Å²) < 4.78 is 4.93. The average Bonchev–Trinajstić information content (AvgIpc) is 3.16. The van der Waals surface area contributed by atoms with Crippen molar-refractivity contribution in [2.45, 2.75) is 13.3 Å². The highest BCUT2D eigenvalue weighted by molar-refractivity contribution is 5.76. The van der Waals surface area contributed by atoms with E-state index in [4.69, 9.17) is 4.74 Å². The molecule has 0 heterocycles. The maximum absolute atomic E-state index is 11.3. The van der Waals surface area contributed by atoms with Gasteiger partial charge >= 0.3 is 5.97 Å². The van der Waals surface area contributed by atoms with Gasteiger partial charge in [0.25, 0.3) is 0 Å². The van der Waals surface area contributed by atoms with Crippen molar-refractivity contribution in [1.82, 2.24) is 0 Å². The Kier molecular flexibility index (Phi) is 4.05. The van der Waals surface area contributed by atoms with Crippen LogP contribution in [-0.2, 0) is 9.53 Å². The number of carbonyl (C=O) groups is 1. The number of hydrogen-bond donors (Lipinski definition) is 0. The molecule has 1 saturated carbocycles. The lowest BCUT2D eigenvalue weighted by Crippen LogP contribution is -2.06. The Balaban J connectivity index is 1.85. The van der Waals surface area contributed by atoms with E-state index in [1.165, 1.54) is 0 Å². The van der Waals surface area contributed by atoms with Crippen LogP contribution < -0.4 is 0 Å². The normalized spacial score (nSPS) is 19.8. The van der Waals surface area contributed by atoms with E-state index in [0.717, 1.165) is 12.0 Å². The highest BCUT2D eigenvalue weighted by Gasteiger charge is 2.43. The molecule has 0 aromatic heterocycles. The maximum Gasteiger partial charge on any atom is 0.310 e. The SMILES string of the molecule is CCOC(=O)C1CC1C#CC#Cc1ccccc1. The molecule has 2 nitrogen and oxygen atoms in total. The summed E-state index contributed by atoms with van der Waals surface area (Å²) in [6.07, 6.45) is 0.804. The standard InChI is InChI=1S/C16H14O2/c1-2-18-16(17)15-12-14(15)11-7-6-10-13-8-4-3-5-9-13/h3-5,8-9,14-15H,2,12H2,1H3. The van der Waals surface area contributed by atoms with E-state index in [2.05, 4.69) is 23.7 Å². The monoisotopic (exact) mass is 238 g/mol. The Bertz CT molecular complexity index is 537. The zero-order valence-corrected chi connectivity index (χ0v) is 10.3. The molecule has 0 aliphatic heterocycles. The highest BCUT2D eigenvalue weighted by atomic mass is 16.5. The minimum absolute atomic E-state index is 0.0315. The van der Waals surface area contributed by atoms with Gasteiger partial charge in [-0.2, -0.15) is 0 Å². The van der Waals surface area contributed by atoms with Crippen molar-refractivity contribution in [3.05, 3.63) is 35.9 Å². The van der Waals surface area contributed by atoms with Crippen molar-refractivity contribution < 1.29 is 9.53 Å². The Hall–Kier alpha value is -2.19. The molecule has 90 valence electrons. The van der Waals surface area contributed by atoms with Gasteiger partial charge in [0.1, 0.15) is 0 Å². The summed E-state index contributed by atoms with van der Waals surface area (Å²) in [5.74, 6) is 11.5. The lowest BCUT2D eigenvalue weighted by Gasteiger charge is -1.96. The molecule has 0 saturated heterocycles. The molecule has 2 heteroatoms. The topological polar surface area (TPSA) is 26.3 Å². The predicted molar refractivity (Wildman–Crippen MR) is 69.3 cm³/mol. The molecule has 1 aliphatic rings. The molecule has 0 N–H and O–H groups in total. The number of hydrogen-bond acceptors (Lipinski definition) is 2. The van der Waals surface area contributed by atoms with E-state index < -0.39 is 0 Å². The van der Waals surface area contributed by atoms with E-state index in [1.807, 2.05) is 37.3 Å². The molecule has 2 rings (SSSR count). The smallest absolute Gasteiger partial charge is 0.310 e. The van der Waals surface area contributed by atoms with Gasteiger partial charge in [0.2, 0.25) is 0 Å². The van der Waals surface area contributed by atoms with Crippen LogP contribution in [0, 0.1) is 35.5 Å². The van der Waals surface area contributed by atoms with Gasteiger partial charge in [-0.1, -0.05) is 30.0 Å². The minimum Gasteiger partial charge on any atom is -0.466 e. The molecule has 1 aliphatic carbocycles. The largest absolute Gasteiger partial charge is 0.466 e. The van der Waals surface area contributed by atoms with E-state index in [9.17, 15) is 4.79 Å². The van der Waals surface area contributed by atoms with Crippen LogP contribution in [0.3, 0.4) is 0 Å². The summed E-state index contributed by atoms with van der Waals surface area (Å²) >= 11 is 0. The molecule has 2 unspecified atom stereocenters. The third kappa shape index (κ3) is 3.40. The summed E-state index contributed by atoms with van der Waals surface area (Å²) in [5.41, 5.74) is 0.949. The molecule has 1 aromatic carbocycles. The third-order valence-electron chi connectivity index (χ3n) is 2.68. The van der Waals surface area contributed by atoms with Crippen molar-refractivity contribution >= 4 is 5.97 Å². The van der Waals surface area contributed by atoms with Crippen LogP contribution in [0.15, 0.2) is 30.3 Å². The molecule has 1 fully saturated rings. The summed E-state index contributed by atoms with van der Waals surface area (Å²) in [7, 11) is 0. The zero-order chi connectivity index (χ0) is 12.8. The second-order valence-corrected chi connectivity index (χ2v) is 4.09. The van der Waals surface area contributed by atoms with Gasteiger partial charge in [0.15, 0.2) is 0 Å². The maximum atomic E-state index is 11.3. The Labute approximate surface area is 107 Å². The summed E-state index contributed by atoms with van der Waals surface area (Å²) in [6.45, 7) is 2.25. The first-order chi connectivity index (χ1) is 8.81. The molecular weight excluding hydrogens is 224 g/mol. The predicted octanol–water partition coefficient (Wildman–Crippen LogP) is 2.24. The van der Waals surface area contributed by atoms with E-state index in [0.29, 0.717) is 6.61 Å². The fourth-order valence-electron chi connectivity index (χ4n) is 1.62. The minimum atomic E-state index is -0.132. The van der Waals surface area contributed by atoms with Gasteiger partial charge in [0.05, 0.1) is 12.5 Å². The van der Waals surface area contributed by atoms with Crippen LogP contribution in [0.5, 0.6) is 0 Å². The molecule has 0 amide bonds. The number of ether oxygens (including phenoxy) is 1. The summed E-state index contributed by atoms with van der Waals surface area (Å²) in [6, 6.07) is 9.70. The second-order valence-electron chi connectivity index (χ2n) is 4.09. The van der Waals surface area contributed by atoms with Crippen LogP contribution in [0.2, 0.25) is 0 Å². The van der Waals surface area contributed by atoms with Crippen molar-refractivity contribution in [1.29, 1.82) is 0 Å². The zero-order valence-electron chi connectivity index (χ0n) is 10.3.